The molecule has 0 aliphatic carbocycles. The van der Waals surface area contributed by atoms with E-state index in [2.05, 4.69) is 79.1 Å². The van der Waals surface area contributed by atoms with Gasteiger partial charge >= 0.3 is 3.18 Å². The van der Waals surface area contributed by atoms with Crippen LogP contribution in [0.4, 0.5) is 0 Å². The summed E-state index contributed by atoms with van der Waals surface area (Å²) in [6.07, 6.45) is 0. The molecule has 1 N–H and O–H groups in total. The predicted octanol–water partition coefficient (Wildman–Crippen LogP) is 12.8. The van der Waals surface area contributed by atoms with Gasteiger partial charge in [-0.25, -0.2) is 16.8 Å². The number of phenols is 1. The third-order valence-corrected chi connectivity index (χ3v) is 9.69. The maximum atomic E-state index is 11.6. The first kappa shape index (κ1) is 43.3. The highest BCUT2D eigenvalue weighted by atomic mass is 79.9. The highest BCUT2D eigenvalue weighted by molar-refractivity contribution is 9.69. The van der Waals surface area contributed by atoms with E-state index in [-0.39, 0.29) is 56.9 Å². The summed E-state index contributed by atoms with van der Waals surface area (Å²) in [5, 5.41) is 10.5. The van der Waals surface area contributed by atoms with Gasteiger partial charge in [-0.2, -0.15) is 0 Å². The average molecular weight is 1130 g/mol. The molecule has 0 radical (unpaired) electrons. The molecule has 0 spiro atoms. The molecule has 8 nitrogen and oxygen atoms in total. The molecule has 4 rings (SSSR count). The number of methoxy groups -OCH3 is 1. The molecule has 4 aromatic carbocycles. The Morgan fingerprint density at radius 1 is 0.638 bits per heavy atom. The molecule has 0 saturated carbocycles. The van der Waals surface area contributed by atoms with Crippen LogP contribution in [-0.2, 0) is 18.1 Å². The summed E-state index contributed by atoms with van der Waals surface area (Å²) in [5.41, 5.74) is 0. The van der Waals surface area contributed by atoms with Crippen molar-refractivity contribution in [1.82, 2.24) is 0 Å². The zero-order valence-electron chi connectivity index (χ0n) is 22.6. The topological polar surface area (TPSA) is 116 Å². The molecule has 22 heteroatoms. The Morgan fingerprint density at radius 2 is 0.979 bits per heavy atom. The Kier molecular flexibility index (Phi) is 17.7. The minimum Gasteiger partial charge on any atom is -0.507 e. The monoisotopic (exact) mass is 1120 g/mol. The smallest absolute Gasteiger partial charge is 0.369 e. The molecule has 254 valence electrons. The van der Waals surface area contributed by atoms with Crippen LogP contribution in [0, 0.1) is 0 Å². The lowest BCUT2D eigenvalue weighted by Crippen LogP contribution is -1.97. The van der Waals surface area contributed by atoms with Crippen LogP contribution in [0.3, 0.4) is 0 Å². The highest BCUT2D eigenvalue weighted by Gasteiger charge is 2.20. The highest BCUT2D eigenvalue weighted by Crippen LogP contribution is 2.42. The van der Waals surface area contributed by atoms with E-state index >= 15 is 0 Å². The van der Waals surface area contributed by atoms with Gasteiger partial charge in [-0.05, 0) is 48.5 Å². The Labute approximate surface area is 341 Å². The summed E-state index contributed by atoms with van der Waals surface area (Å²) in [7, 11) is 3.84. The lowest BCUT2D eigenvalue weighted by atomic mass is 10.3. The van der Waals surface area contributed by atoms with Crippen molar-refractivity contribution in [3.8, 4) is 34.5 Å². The fraction of sp³-hybridized carbons (Fsp3) is 0.0400. The van der Waals surface area contributed by atoms with E-state index in [4.69, 9.17) is 82.0 Å². The van der Waals surface area contributed by atoms with E-state index in [0.29, 0.717) is 8.95 Å². The van der Waals surface area contributed by atoms with Crippen LogP contribution in [0.2, 0.25) is 20.1 Å². The molecule has 0 amide bonds. The molecule has 4 aromatic rings. The largest absolute Gasteiger partial charge is 0.507 e. The summed E-state index contributed by atoms with van der Waals surface area (Å²) in [6.45, 7) is 0. The number of hydrogen-bond acceptors (Lipinski definition) is 8. The Morgan fingerprint density at radius 3 is 1.32 bits per heavy atom. The maximum Gasteiger partial charge on any atom is 0.369 e. The van der Waals surface area contributed by atoms with Gasteiger partial charge in [-0.15, -0.1) is 47.3 Å². The SMILES string of the molecule is BrB(Br)Br.COc1ccc(Oc2c(Cl)cc(Br)cc2Cl)cc1S(=O)(=O)Cl.O=S(=O)(Cl)c1cc(Oc2c(Cl)cc(Br)cc2Cl)ccc1O. The quantitative estimate of drug-likeness (QED) is 0.144. The molecule has 0 aliphatic heterocycles. The van der Waals surface area contributed by atoms with Gasteiger partial charge in [0.05, 0.1) is 27.2 Å². The first-order chi connectivity index (χ1) is 21.6. The second-order valence-corrected chi connectivity index (χ2v) is 23.1. The molecule has 0 bridgehead atoms. The van der Waals surface area contributed by atoms with Crippen LogP contribution in [0.5, 0.6) is 34.5 Å². The first-order valence-electron chi connectivity index (χ1n) is 11.6. The fourth-order valence-electron chi connectivity index (χ4n) is 3.15. The van der Waals surface area contributed by atoms with Crippen LogP contribution in [0.15, 0.2) is 79.4 Å². The van der Waals surface area contributed by atoms with Crippen molar-refractivity contribution in [3.63, 3.8) is 0 Å². The minimum atomic E-state index is -4.11. The number of halogens is 11. The zero-order chi connectivity index (χ0) is 35.9. The molecular formula is C25H14BBr5Cl6O8S2. The molecule has 0 fully saturated rings. The van der Waals surface area contributed by atoms with Crippen molar-refractivity contribution >= 4 is 168 Å². The normalized spacial score (nSPS) is 11.0. The van der Waals surface area contributed by atoms with E-state index < -0.39 is 28.7 Å². The fourth-order valence-corrected chi connectivity index (χ4v) is 7.68. The van der Waals surface area contributed by atoms with Crippen LogP contribution >= 0.6 is 147 Å². The first-order valence-corrected chi connectivity index (χ1v) is 22.1. The van der Waals surface area contributed by atoms with Crippen LogP contribution in [0.1, 0.15) is 0 Å². The molecule has 0 aromatic heterocycles. The molecule has 0 unspecified atom stereocenters. The van der Waals surface area contributed by atoms with E-state index in [1.165, 1.54) is 31.4 Å². The molecular weight excluding hydrogens is 1120 g/mol. The second kappa shape index (κ2) is 19.1. The van der Waals surface area contributed by atoms with Gasteiger partial charge < -0.3 is 19.3 Å². The van der Waals surface area contributed by atoms with Crippen molar-refractivity contribution in [2.75, 3.05) is 7.11 Å². The predicted molar refractivity (Wildman–Crippen MR) is 208 cm³/mol. The molecule has 0 saturated heterocycles. The van der Waals surface area contributed by atoms with Gasteiger partial charge in [0, 0.05) is 42.4 Å². The van der Waals surface area contributed by atoms with Gasteiger partial charge in [-0.1, -0.05) is 78.3 Å². The standard InChI is InChI=1S/C13H8BrCl3O4S.C12H6BrCl3O4S.BBr3/c1-20-11-3-2-8(6-12(11)22(17,18)19)21-13-9(15)4-7(14)5-10(13)16;13-6-3-8(14)12(9(15)4-6)20-7-1-2-10(17)11(5-7)21(16,18)19;2-1(3)4/h2-6H,1H3;1-5,17H;. The lowest BCUT2D eigenvalue weighted by molar-refractivity contribution is 0.400. The molecule has 47 heavy (non-hydrogen) atoms. The van der Waals surface area contributed by atoms with Gasteiger partial charge in [-0.3, -0.25) is 0 Å². The Hall–Kier alpha value is 0.185. The summed E-state index contributed by atoms with van der Waals surface area (Å²) < 4.78 is 63.4. The number of rotatable bonds is 7. The maximum absolute atomic E-state index is 11.6. The van der Waals surface area contributed by atoms with Crippen LogP contribution in [-0.4, -0.2) is 32.2 Å². The summed E-state index contributed by atoms with van der Waals surface area (Å²) in [6, 6.07) is 14.1. The number of benzene rings is 4. The van der Waals surface area contributed by atoms with Crippen molar-refractivity contribution < 1.29 is 36.2 Å². The van der Waals surface area contributed by atoms with E-state index in [0.717, 1.165) is 12.1 Å². The molecule has 0 heterocycles. The van der Waals surface area contributed by atoms with Crippen molar-refractivity contribution in [1.29, 1.82) is 0 Å². The van der Waals surface area contributed by atoms with Crippen molar-refractivity contribution in [3.05, 3.63) is 89.7 Å². The Balaban J connectivity index is 0.000000294. The lowest BCUT2D eigenvalue weighted by Gasteiger charge is -2.12. The van der Waals surface area contributed by atoms with Crippen molar-refractivity contribution in [2.45, 2.75) is 9.79 Å². The molecule has 0 aliphatic rings. The summed E-state index contributed by atoms with van der Waals surface area (Å²) in [5.74, 6) is 0.296. The average Bonchev–Trinajstić information content (AvgIpc) is 2.92. The number of phenolic OH excluding ortho intramolecular Hbond substituents is 1. The van der Waals surface area contributed by atoms with Gasteiger partial charge in [0.15, 0.2) is 11.5 Å². The van der Waals surface area contributed by atoms with Crippen LogP contribution < -0.4 is 14.2 Å². The number of hydrogen-bond donors (Lipinski definition) is 1. The summed E-state index contributed by atoms with van der Waals surface area (Å²) in [4.78, 5) is -0.676. The third kappa shape index (κ3) is 14.0. The van der Waals surface area contributed by atoms with Crippen molar-refractivity contribution in [2.24, 2.45) is 0 Å². The number of ether oxygens (including phenoxy) is 3. The van der Waals surface area contributed by atoms with Gasteiger partial charge in [0.1, 0.15) is 32.8 Å². The Bertz CT molecular complexity index is 1930. The molecule has 0 atom stereocenters. The van der Waals surface area contributed by atoms with Gasteiger partial charge in [0.2, 0.25) is 0 Å². The third-order valence-electron chi connectivity index (χ3n) is 4.96. The minimum absolute atomic E-state index is 0.107. The van der Waals surface area contributed by atoms with E-state index in [1.54, 1.807) is 24.3 Å². The summed E-state index contributed by atoms with van der Waals surface area (Å²) >= 11 is 39.9. The van der Waals surface area contributed by atoms with E-state index in [1.807, 2.05) is 0 Å². The van der Waals surface area contributed by atoms with E-state index in [9.17, 15) is 21.9 Å². The van der Waals surface area contributed by atoms with Crippen LogP contribution in [0.25, 0.3) is 0 Å². The number of aromatic hydroxyl groups is 1. The van der Waals surface area contributed by atoms with Gasteiger partial charge in [0.25, 0.3) is 18.1 Å². The zero-order valence-corrected chi connectivity index (χ0v) is 36.7. The second-order valence-electron chi connectivity index (χ2n) is 8.17.